The average Bonchev–Trinajstić information content (AvgIpc) is 2.54. The predicted molar refractivity (Wildman–Crippen MR) is 81.2 cm³/mol. The quantitative estimate of drug-likeness (QED) is 0.598. The van der Waals surface area contributed by atoms with Gasteiger partial charge in [-0.3, -0.25) is 0 Å². The lowest BCUT2D eigenvalue weighted by Crippen LogP contribution is -2.03. The molecule has 0 aromatic heterocycles. The Kier molecular flexibility index (Phi) is 5.74. The Labute approximate surface area is 130 Å². The van der Waals surface area contributed by atoms with E-state index in [-0.39, 0.29) is 0 Å². The molecule has 0 atom stereocenters. The van der Waals surface area contributed by atoms with E-state index >= 15 is 0 Å². The van der Waals surface area contributed by atoms with Crippen LogP contribution in [0.15, 0.2) is 52.7 Å². The van der Waals surface area contributed by atoms with E-state index in [0.29, 0.717) is 5.56 Å². The molecule has 0 heterocycles. The van der Waals surface area contributed by atoms with Gasteiger partial charge in [0.1, 0.15) is 5.75 Å². The van der Waals surface area contributed by atoms with Crippen molar-refractivity contribution in [3.8, 4) is 11.5 Å². The van der Waals surface area contributed by atoms with Crippen molar-refractivity contribution in [2.45, 2.75) is 6.61 Å². The van der Waals surface area contributed by atoms with Crippen LogP contribution in [0.25, 0.3) is 0 Å². The molecule has 0 amide bonds. The molecule has 0 fully saturated rings. The van der Waals surface area contributed by atoms with Gasteiger partial charge >= 0.3 is 6.61 Å². The van der Waals surface area contributed by atoms with Crippen molar-refractivity contribution in [1.82, 2.24) is 0 Å². The third kappa shape index (κ3) is 5.14. The number of methoxy groups -OCH3 is 1. The number of hydrogen-bond acceptors (Lipinski definition) is 4. The van der Waals surface area contributed by atoms with Crippen LogP contribution >= 0.6 is 0 Å². The zero-order chi connectivity index (χ0) is 16.7. The van der Waals surface area contributed by atoms with E-state index < -0.39 is 18.2 Å². The van der Waals surface area contributed by atoms with Crippen LogP contribution in [0.3, 0.4) is 0 Å². The Balaban J connectivity index is 1.99. The maximum absolute atomic E-state index is 13.5. The lowest BCUT2D eigenvalue weighted by molar-refractivity contribution is -0.0521. The second-order valence-electron chi connectivity index (χ2n) is 4.33. The number of nitrogens with zero attached hydrogens (tertiary/aromatic N) is 2. The van der Waals surface area contributed by atoms with E-state index in [2.05, 4.69) is 14.9 Å². The lowest BCUT2D eigenvalue weighted by Gasteiger charge is -2.05. The highest BCUT2D eigenvalue weighted by Crippen LogP contribution is 2.19. The highest BCUT2D eigenvalue weighted by Gasteiger charge is 2.09. The molecule has 0 saturated carbocycles. The van der Waals surface area contributed by atoms with Crippen molar-refractivity contribution in [1.29, 1.82) is 0 Å². The van der Waals surface area contributed by atoms with E-state index in [4.69, 9.17) is 4.74 Å². The van der Waals surface area contributed by atoms with Crippen molar-refractivity contribution in [3.05, 3.63) is 59.4 Å². The Morgan fingerprint density at radius 1 is 0.957 bits per heavy atom. The predicted octanol–water partition coefficient (Wildman–Crippen LogP) is 3.89. The molecule has 23 heavy (non-hydrogen) atoms. The topological polar surface area (TPSA) is 43.2 Å². The summed E-state index contributed by atoms with van der Waals surface area (Å²) in [7, 11) is 1.57. The minimum Gasteiger partial charge on any atom is -0.497 e. The molecule has 7 heteroatoms. The van der Waals surface area contributed by atoms with E-state index in [1.165, 1.54) is 18.5 Å². The highest BCUT2D eigenvalue weighted by atomic mass is 19.3. The van der Waals surface area contributed by atoms with Crippen LogP contribution in [0, 0.1) is 5.82 Å². The molecule has 0 spiro atoms. The molecule has 0 bridgehead atoms. The fraction of sp³-hybridized carbons (Fsp3) is 0.125. The standard InChI is InChI=1S/C16H13F3N2O2/c1-22-13-5-2-11(3-6-13)9-20-21-10-12-4-7-15(14(17)8-12)23-16(18)19/h2-10,16H,1H3/b20-9+,21-10-. The molecule has 4 nitrogen and oxygen atoms in total. The number of alkyl halides is 2. The van der Waals surface area contributed by atoms with Crippen molar-refractivity contribution in [2.75, 3.05) is 7.11 Å². The van der Waals surface area contributed by atoms with Crippen LogP contribution in [-0.4, -0.2) is 26.2 Å². The minimum absolute atomic E-state index is 0.371. The van der Waals surface area contributed by atoms with Crippen molar-refractivity contribution >= 4 is 12.4 Å². The second kappa shape index (κ2) is 7.98. The fourth-order valence-corrected chi connectivity index (χ4v) is 1.68. The third-order valence-corrected chi connectivity index (χ3v) is 2.77. The number of rotatable bonds is 6. The van der Waals surface area contributed by atoms with Gasteiger partial charge in [0.15, 0.2) is 11.6 Å². The van der Waals surface area contributed by atoms with Gasteiger partial charge in [-0.15, -0.1) is 0 Å². The number of halogens is 3. The van der Waals surface area contributed by atoms with Crippen LogP contribution < -0.4 is 9.47 Å². The summed E-state index contributed by atoms with van der Waals surface area (Å²) < 4.78 is 46.6. The Hall–Kier alpha value is -2.83. The first-order valence-corrected chi connectivity index (χ1v) is 6.53. The summed E-state index contributed by atoms with van der Waals surface area (Å²) in [5.74, 6) is -0.681. The molecule has 0 N–H and O–H groups in total. The summed E-state index contributed by atoms with van der Waals surface area (Å²) in [6, 6.07) is 10.7. The Bertz CT molecular complexity index is 701. The van der Waals surface area contributed by atoms with Gasteiger partial charge in [0.05, 0.1) is 19.5 Å². The van der Waals surface area contributed by atoms with Crippen LogP contribution in [-0.2, 0) is 0 Å². The maximum Gasteiger partial charge on any atom is 0.387 e. The number of hydrogen-bond donors (Lipinski definition) is 0. The van der Waals surface area contributed by atoms with E-state index in [9.17, 15) is 13.2 Å². The largest absolute Gasteiger partial charge is 0.497 e. The molecular formula is C16H13F3N2O2. The summed E-state index contributed by atoms with van der Waals surface area (Å²) >= 11 is 0. The summed E-state index contributed by atoms with van der Waals surface area (Å²) in [6.45, 7) is -3.07. The number of ether oxygens (including phenoxy) is 2. The minimum atomic E-state index is -3.07. The molecule has 120 valence electrons. The molecule has 0 aliphatic heterocycles. The van der Waals surface area contributed by atoms with E-state index in [1.807, 2.05) is 0 Å². The van der Waals surface area contributed by atoms with Crippen molar-refractivity contribution in [2.24, 2.45) is 10.2 Å². The SMILES string of the molecule is COc1ccc(/C=N/N=C\c2ccc(OC(F)F)c(F)c2)cc1. The molecule has 2 aromatic carbocycles. The van der Waals surface area contributed by atoms with Gasteiger partial charge in [-0.25, -0.2) is 4.39 Å². The molecule has 0 aliphatic rings. The van der Waals surface area contributed by atoms with Crippen molar-refractivity contribution in [3.63, 3.8) is 0 Å². The molecule has 0 aliphatic carbocycles. The first kappa shape index (κ1) is 16.5. The average molecular weight is 322 g/mol. The Morgan fingerprint density at radius 3 is 2.13 bits per heavy atom. The van der Waals surface area contributed by atoms with Crippen LogP contribution in [0.4, 0.5) is 13.2 Å². The van der Waals surface area contributed by atoms with Gasteiger partial charge in [0, 0.05) is 0 Å². The van der Waals surface area contributed by atoms with Crippen LogP contribution in [0.5, 0.6) is 11.5 Å². The molecule has 2 rings (SSSR count). The Morgan fingerprint density at radius 2 is 1.57 bits per heavy atom. The molecule has 0 unspecified atom stereocenters. The van der Waals surface area contributed by atoms with Gasteiger partial charge < -0.3 is 9.47 Å². The van der Waals surface area contributed by atoms with Gasteiger partial charge in [0.2, 0.25) is 0 Å². The highest BCUT2D eigenvalue weighted by molar-refractivity contribution is 5.82. The third-order valence-electron chi connectivity index (χ3n) is 2.77. The molecular weight excluding hydrogens is 309 g/mol. The second-order valence-corrected chi connectivity index (χ2v) is 4.33. The van der Waals surface area contributed by atoms with Crippen molar-refractivity contribution < 1.29 is 22.6 Å². The molecule has 2 aromatic rings. The summed E-state index contributed by atoms with van der Waals surface area (Å²) in [4.78, 5) is 0. The van der Waals surface area contributed by atoms with E-state index in [0.717, 1.165) is 23.4 Å². The zero-order valence-corrected chi connectivity index (χ0v) is 12.1. The normalized spacial score (nSPS) is 11.5. The summed E-state index contributed by atoms with van der Waals surface area (Å²) in [5.41, 5.74) is 1.19. The first-order valence-electron chi connectivity index (χ1n) is 6.53. The fourth-order valence-electron chi connectivity index (χ4n) is 1.68. The molecule has 0 radical (unpaired) electrons. The summed E-state index contributed by atoms with van der Waals surface area (Å²) in [5, 5.41) is 7.59. The van der Waals surface area contributed by atoms with Gasteiger partial charge in [-0.2, -0.15) is 19.0 Å². The van der Waals surface area contributed by atoms with Gasteiger partial charge in [-0.05, 0) is 53.6 Å². The monoisotopic (exact) mass is 322 g/mol. The molecule has 0 saturated heterocycles. The first-order chi connectivity index (χ1) is 11.1. The van der Waals surface area contributed by atoms with Gasteiger partial charge in [0.25, 0.3) is 0 Å². The lowest BCUT2D eigenvalue weighted by atomic mass is 10.2. The van der Waals surface area contributed by atoms with Gasteiger partial charge in [-0.1, -0.05) is 0 Å². The van der Waals surface area contributed by atoms with E-state index in [1.54, 1.807) is 31.4 Å². The smallest absolute Gasteiger partial charge is 0.387 e. The maximum atomic E-state index is 13.5. The zero-order valence-electron chi connectivity index (χ0n) is 12.1. The summed E-state index contributed by atoms with van der Waals surface area (Å²) in [6.07, 6.45) is 2.82. The number of benzene rings is 2. The van der Waals surface area contributed by atoms with Crippen LogP contribution in [0.1, 0.15) is 11.1 Å². The van der Waals surface area contributed by atoms with Crippen LogP contribution in [0.2, 0.25) is 0 Å².